The number of nitrogens with zero attached hydrogens (tertiary/aromatic N) is 3. The minimum Gasteiger partial charge on any atom is -0.369 e. The first kappa shape index (κ1) is 17.4. The van der Waals surface area contributed by atoms with E-state index in [9.17, 15) is 0 Å². The van der Waals surface area contributed by atoms with Gasteiger partial charge in [0.05, 0.1) is 5.01 Å². The van der Waals surface area contributed by atoms with Crippen LogP contribution in [0.5, 0.6) is 0 Å². The fraction of sp³-hybridized carbons (Fsp3) is 0.526. The Kier molecular flexibility index (Phi) is 6.24. The van der Waals surface area contributed by atoms with Gasteiger partial charge in [0.1, 0.15) is 0 Å². The Labute approximate surface area is 149 Å². The molecule has 1 aliphatic heterocycles. The lowest BCUT2D eigenvalue weighted by atomic mass is 10.1. The molecule has 0 radical (unpaired) electrons. The van der Waals surface area contributed by atoms with Gasteiger partial charge in [-0.2, -0.15) is 0 Å². The summed E-state index contributed by atoms with van der Waals surface area (Å²) in [5.74, 6) is 0. The molecular formula is C19H28N4S. The van der Waals surface area contributed by atoms with Gasteiger partial charge in [-0.25, -0.2) is 4.98 Å². The maximum Gasteiger partial charge on any atom is 0.0897 e. The number of hydrogen-bond acceptors (Lipinski definition) is 5. The van der Waals surface area contributed by atoms with Crippen LogP contribution in [0.4, 0.5) is 5.69 Å². The zero-order chi connectivity index (χ0) is 16.8. The Morgan fingerprint density at radius 2 is 1.92 bits per heavy atom. The van der Waals surface area contributed by atoms with Crippen LogP contribution in [-0.2, 0) is 13.1 Å². The van der Waals surface area contributed by atoms with Crippen molar-refractivity contribution in [3.63, 3.8) is 0 Å². The summed E-state index contributed by atoms with van der Waals surface area (Å²) in [6, 6.07) is 8.82. The smallest absolute Gasteiger partial charge is 0.0897 e. The zero-order valence-electron chi connectivity index (χ0n) is 14.8. The third kappa shape index (κ3) is 4.56. The van der Waals surface area contributed by atoms with Crippen molar-refractivity contribution in [2.45, 2.75) is 33.4 Å². The molecule has 2 heterocycles. The molecule has 0 saturated carbocycles. The van der Waals surface area contributed by atoms with Gasteiger partial charge in [-0.15, -0.1) is 11.3 Å². The molecule has 0 aliphatic carbocycles. The van der Waals surface area contributed by atoms with Crippen LogP contribution in [0.3, 0.4) is 0 Å². The van der Waals surface area contributed by atoms with E-state index in [1.54, 1.807) is 11.3 Å². The number of aryl methyl sites for hydroxylation is 1. The summed E-state index contributed by atoms with van der Waals surface area (Å²) in [6.45, 7) is 12.0. The summed E-state index contributed by atoms with van der Waals surface area (Å²) in [5, 5.41) is 4.71. The average molecular weight is 345 g/mol. The quantitative estimate of drug-likeness (QED) is 0.835. The number of para-hydroxylation sites is 1. The fourth-order valence-electron chi connectivity index (χ4n) is 3.30. The molecule has 1 N–H and O–H groups in total. The highest BCUT2D eigenvalue weighted by atomic mass is 32.1. The van der Waals surface area contributed by atoms with Crippen LogP contribution in [0.25, 0.3) is 0 Å². The highest BCUT2D eigenvalue weighted by Gasteiger charge is 2.18. The summed E-state index contributed by atoms with van der Waals surface area (Å²) >= 11 is 1.77. The summed E-state index contributed by atoms with van der Waals surface area (Å²) in [4.78, 5) is 10.7. The van der Waals surface area contributed by atoms with E-state index >= 15 is 0 Å². The van der Waals surface area contributed by atoms with Crippen molar-refractivity contribution in [3.8, 4) is 0 Å². The standard InChI is InChI=1S/C19H28N4S/c1-3-8-22-9-11-23(12-10-22)19-7-5-4-6-17(19)13-20-14-18-15-21-16(2)24-18/h4-7,15,20H,3,8-14H2,1-2H3. The fourth-order valence-corrected chi connectivity index (χ4v) is 4.07. The van der Waals surface area contributed by atoms with Gasteiger partial charge in [0.2, 0.25) is 0 Å². The lowest BCUT2D eigenvalue weighted by molar-refractivity contribution is 0.258. The average Bonchev–Trinajstić information content (AvgIpc) is 3.02. The predicted molar refractivity (Wildman–Crippen MR) is 103 cm³/mol. The summed E-state index contributed by atoms with van der Waals surface area (Å²) in [7, 11) is 0. The monoisotopic (exact) mass is 344 g/mol. The van der Waals surface area contributed by atoms with Crippen molar-refractivity contribution in [2.24, 2.45) is 0 Å². The minimum atomic E-state index is 0.893. The number of rotatable bonds is 7. The summed E-state index contributed by atoms with van der Waals surface area (Å²) in [6.07, 6.45) is 3.23. The van der Waals surface area contributed by atoms with Gasteiger partial charge in [0, 0.05) is 56.0 Å². The van der Waals surface area contributed by atoms with E-state index < -0.39 is 0 Å². The molecule has 0 amide bonds. The molecule has 1 fully saturated rings. The molecule has 3 rings (SSSR count). The first-order chi connectivity index (χ1) is 11.8. The number of aromatic nitrogens is 1. The number of piperazine rings is 1. The van der Waals surface area contributed by atoms with Gasteiger partial charge in [0.25, 0.3) is 0 Å². The third-order valence-corrected chi connectivity index (χ3v) is 5.44. The van der Waals surface area contributed by atoms with Crippen molar-refractivity contribution in [1.29, 1.82) is 0 Å². The number of thiazole rings is 1. The van der Waals surface area contributed by atoms with Crippen LogP contribution in [0.2, 0.25) is 0 Å². The van der Waals surface area contributed by atoms with Crippen molar-refractivity contribution in [1.82, 2.24) is 15.2 Å². The largest absolute Gasteiger partial charge is 0.369 e. The van der Waals surface area contributed by atoms with Crippen molar-refractivity contribution in [2.75, 3.05) is 37.6 Å². The molecule has 1 aromatic carbocycles. The van der Waals surface area contributed by atoms with Gasteiger partial charge >= 0.3 is 0 Å². The van der Waals surface area contributed by atoms with Crippen molar-refractivity contribution < 1.29 is 0 Å². The Morgan fingerprint density at radius 1 is 1.12 bits per heavy atom. The molecule has 24 heavy (non-hydrogen) atoms. The molecule has 4 nitrogen and oxygen atoms in total. The maximum atomic E-state index is 4.32. The Morgan fingerprint density at radius 3 is 2.62 bits per heavy atom. The molecule has 130 valence electrons. The second-order valence-electron chi connectivity index (χ2n) is 6.41. The molecule has 0 bridgehead atoms. The number of hydrogen-bond donors (Lipinski definition) is 1. The van der Waals surface area contributed by atoms with Crippen LogP contribution in [-0.4, -0.2) is 42.6 Å². The van der Waals surface area contributed by atoms with Crippen LogP contribution in [0.1, 0.15) is 28.8 Å². The zero-order valence-corrected chi connectivity index (χ0v) is 15.6. The van der Waals surface area contributed by atoms with E-state index in [0.29, 0.717) is 0 Å². The van der Waals surface area contributed by atoms with E-state index in [1.807, 2.05) is 6.20 Å². The highest BCUT2D eigenvalue weighted by Crippen LogP contribution is 2.22. The molecule has 0 spiro atoms. The first-order valence-electron chi connectivity index (χ1n) is 8.93. The number of anilines is 1. The topological polar surface area (TPSA) is 31.4 Å². The number of benzene rings is 1. The summed E-state index contributed by atoms with van der Waals surface area (Å²) in [5.41, 5.74) is 2.78. The molecule has 1 aromatic heterocycles. The second-order valence-corrected chi connectivity index (χ2v) is 7.73. The second kappa shape index (κ2) is 8.60. The van der Waals surface area contributed by atoms with Crippen LogP contribution in [0, 0.1) is 6.92 Å². The Bertz CT molecular complexity index is 632. The van der Waals surface area contributed by atoms with Gasteiger partial charge in [-0.3, -0.25) is 4.90 Å². The third-order valence-electron chi connectivity index (χ3n) is 4.53. The van der Waals surface area contributed by atoms with E-state index in [1.165, 1.54) is 42.2 Å². The Hall–Kier alpha value is -1.43. The van der Waals surface area contributed by atoms with Crippen molar-refractivity contribution >= 4 is 17.0 Å². The van der Waals surface area contributed by atoms with Crippen LogP contribution >= 0.6 is 11.3 Å². The molecule has 1 saturated heterocycles. The van der Waals surface area contributed by atoms with Gasteiger partial charge in [0.15, 0.2) is 0 Å². The molecule has 5 heteroatoms. The molecule has 2 aromatic rings. The first-order valence-corrected chi connectivity index (χ1v) is 9.75. The minimum absolute atomic E-state index is 0.893. The molecule has 0 unspecified atom stereocenters. The SMILES string of the molecule is CCCN1CCN(c2ccccc2CNCc2cnc(C)s2)CC1. The summed E-state index contributed by atoms with van der Waals surface area (Å²) < 4.78 is 0. The lowest BCUT2D eigenvalue weighted by Crippen LogP contribution is -2.46. The Balaban J connectivity index is 1.57. The predicted octanol–water partition coefficient (Wildman–Crippen LogP) is 3.27. The van der Waals surface area contributed by atoms with Crippen LogP contribution in [0.15, 0.2) is 30.5 Å². The van der Waals surface area contributed by atoms with Gasteiger partial charge in [-0.1, -0.05) is 25.1 Å². The molecule has 0 atom stereocenters. The van der Waals surface area contributed by atoms with E-state index in [-0.39, 0.29) is 0 Å². The lowest BCUT2D eigenvalue weighted by Gasteiger charge is -2.37. The number of nitrogens with one attached hydrogen (secondary N) is 1. The van der Waals surface area contributed by atoms with E-state index in [4.69, 9.17) is 0 Å². The normalized spacial score (nSPS) is 15.8. The van der Waals surface area contributed by atoms with E-state index in [0.717, 1.165) is 31.2 Å². The molecular weight excluding hydrogens is 316 g/mol. The van der Waals surface area contributed by atoms with E-state index in [2.05, 4.69) is 58.2 Å². The highest BCUT2D eigenvalue weighted by molar-refractivity contribution is 7.11. The molecule has 1 aliphatic rings. The van der Waals surface area contributed by atoms with Gasteiger partial charge in [-0.05, 0) is 31.5 Å². The van der Waals surface area contributed by atoms with Crippen molar-refractivity contribution in [3.05, 3.63) is 45.9 Å². The maximum absolute atomic E-state index is 4.32. The van der Waals surface area contributed by atoms with Crippen LogP contribution < -0.4 is 10.2 Å². The van der Waals surface area contributed by atoms with Gasteiger partial charge < -0.3 is 10.2 Å².